The van der Waals surface area contributed by atoms with Gasteiger partial charge in [-0.3, -0.25) is 0 Å². The van der Waals surface area contributed by atoms with Crippen molar-refractivity contribution in [2.45, 2.75) is 32.9 Å². The van der Waals surface area contributed by atoms with Crippen molar-refractivity contribution in [2.75, 3.05) is 0 Å². The van der Waals surface area contributed by atoms with Gasteiger partial charge in [0.05, 0.1) is 22.2 Å². The van der Waals surface area contributed by atoms with Crippen molar-refractivity contribution >= 4 is 47.2 Å². The molecular weight excluding hydrogens is 316 g/mol. The van der Waals surface area contributed by atoms with Gasteiger partial charge in [-0.05, 0) is 17.5 Å². The highest BCUT2D eigenvalue weighted by Crippen LogP contribution is 2.38. The topological polar surface area (TPSA) is 46.2 Å². The molecule has 0 spiro atoms. The lowest BCUT2D eigenvalue weighted by Gasteiger charge is -2.31. The number of nitrogens with two attached hydrogens (primary N) is 1. The first-order chi connectivity index (χ1) is 7.66. The summed E-state index contributed by atoms with van der Waals surface area (Å²) in [5.41, 5.74) is 6.14. The van der Waals surface area contributed by atoms with Crippen LogP contribution in [0.3, 0.4) is 0 Å². The van der Waals surface area contributed by atoms with Crippen molar-refractivity contribution in [3.63, 3.8) is 0 Å². The van der Waals surface area contributed by atoms with Crippen LogP contribution in [0.5, 0.6) is 0 Å². The second-order valence-corrected chi connectivity index (χ2v) is 6.29. The molecule has 0 aliphatic heterocycles. The van der Waals surface area contributed by atoms with Gasteiger partial charge in [-0.15, -0.1) is 12.4 Å². The van der Waals surface area contributed by atoms with Crippen molar-refractivity contribution in [3.8, 4) is 0 Å². The van der Waals surface area contributed by atoms with E-state index in [0.717, 1.165) is 0 Å². The highest BCUT2D eigenvalue weighted by atomic mass is 35.5. The molecule has 2 atom stereocenters. The van der Waals surface area contributed by atoms with Crippen LogP contribution >= 0.6 is 47.2 Å². The molecule has 18 heavy (non-hydrogen) atoms. The molecule has 2 nitrogen and oxygen atoms in total. The predicted octanol–water partition coefficient (Wildman–Crippen LogP) is 4.48. The number of rotatable bonds is 2. The van der Waals surface area contributed by atoms with E-state index in [-0.39, 0.29) is 17.8 Å². The van der Waals surface area contributed by atoms with Crippen LogP contribution in [0.2, 0.25) is 15.1 Å². The maximum absolute atomic E-state index is 10.2. The third-order valence-electron chi connectivity index (χ3n) is 2.64. The van der Waals surface area contributed by atoms with Crippen LogP contribution in [0.1, 0.15) is 32.4 Å². The normalized spacial score (nSPS) is 14.9. The minimum Gasteiger partial charge on any atom is -0.391 e. The first-order valence-electron chi connectivity index (χ1n) is 5.23. The van der Waals surface area contributed by atoms with Gasteiger partial charge >= 0.3 is 0 Å². The fourth-order valence-corrected chi connectivity index (χ4v) is 2.33. The second kappa shape index (κ2) is 6.65. The average Bonchev–Trinajstić information content (AvgIpc) is 2.21. The lowest BCUT2D eigenvalue weighted by atomic mass is 9.82. The molecule has 0 saturated heterocycles. The number of hydrogen-bond acceptors (Lipinski definition) is 2. The highest BCUT2D eigenvalue weighted by Gasteiger charge is 2.31. The Kier molecular flexibility index (Phi) is 6.76. The molecular formula is C12H17Cl4NO. The number of halogens is 4. The van der Waals surface area contributed by atoms with Gasteiger partial charge in [0.1, 0.15) is 0 Å². The Morgan fingerprint density at radius 3 is 2.00 bits per heavy atom. The molecule has 6 heteroatoms. The van der Waals surface area contributed by atoms with E-state index in [9.17, 15) is 5.11 Å². The van der Waals surface area contributed by atoms with Crippen molar-refractivity contribution < 1.29 is 5.11 Å². The largest absolute Gasteiger partial charge is 0.391 e. The molecule has 1 rings (SSSR count). The maximum atomic E-state index is 10.2. The fraction of sp³-hybridized carbons (Fsp3) is 0.500. The van der Waals surface area contributed by atoms with Crippen molar-refractivity contribution in [1.82, 2.24) is 0 Å². The summed E-state index contributed by atoms with van der Waals surface area (Å²) in [4.78, 5) is 0. The van der Waals surface area contributed by atoms with Crippen LogP contribution < -0.4 is 5.73 Å². The molecule has 0 amide bonds. The average molecular weight is 333 g/mol. The van der Waals surface area contributed by atoms with Gasteiger partial charge in [0.25, 0.3) is 0 Å². The molecule has 1 aromatic rings. The lowest BCUT2D eigenvalue weighted by Crippen LogP contribution is -2.37. The molecule has 0 unspecified atom stereocenters. The molecule has 1 aromatic carbocycles. The van der Waals surface area contributed by atoms with E-state index in [1.165, 1.54) is 0 Å². The van der Waals surface area contributed by atoms with E-state index in [0.29, 0.717) is 20.6 Å². The molecule has 0 aliphatic rings. The Hall–Kier alpha value is 0.300. The Morgan fingerprint density at radius 2 is 1.56 bits per heavy atom. The summed E-state index contributed by atoms with van der Waals surface area (Å²) >= 11 is 18.1. The first-order valence-corrected chi connectivity index (χ1v) is 6.36. The van der Waals surface area contributed by atoms with Crippen LogP contribution in [-0.4, -0.2) is 11.2 Å². The van der Waals surface area contributed by atoms with Gasteiger partial charge < -0.3 is 10.8 Å². The Labute approximate surface area is 129 Å². The molecule has 0 bridgehead atoms. The quantitative estimate of drug-likeness (QED) is 0.784. The summed E-state index contributed by atoms with van der Waals surface area (Å²) < 4.78 is 0. The molecule has 3 N–H and O–H groups in total. The Morgan fingerprint density at radius 1 is 1.11 bits per heavy atom. The third kappa shape index (κ3) is 3.89. The summed E-state index contributed by atoms with van der Waals surface area (Å²) in [6, 6.07) is 2.56. The zero-order valence-corrected chi connectivity index (χ0v) is 13.5. The number of hydrogen-bond donors (Lipinski definition) is 2. The standard InChI is InChI=1S/C12H16Cl3NO.ClH/c1-12(2,3)11(17)10(16)8-6(13)4-5-7(14)9(8)15;/h4-5,10-11,17H,16H2,1-3H3;1H/t10-,11-;/m1./s1. The molecule has 0 saturated carbocycles. The first kappa shape index (κ1) is 18.3. The van der Waals surface area contributed by atoms with Crippen LogP contribution in [-0.2, 0) is 0 Å². The zero-order chi connectivity index (χ0) is 13.4. The smallest absolute Gasteiger partial charge is 0.0782 e. The van der Waals surface area contributed by atoms with Gasteiger partial charge in [0.15, 0.2) is 0 Å². The van der Waals surface area contributed by atoms with Crippen molar-refractivity contribution in [1.29, 1.82) is 0 Å². The second-order valence-electron chi connectivity index (χ2n) is 5.09. The van der Waals surface area contributed by atoms with E-state index < -0.39 is 12.1 Å². The van der Waals surface area contributed by atoms with E-state index >= 15 is 0 Å². The monoisotopic (exact) mass is 331 g/mol. The highest BCUT2D eigenvalue weighted by molar-refractivity contribution is 6.44. The van der Waals surface area contributed by atoms with Crippen molar-refractivity contribution in [3.05, 3.63) is 32.8 Å². The van der Waals surface area contributed by atoms with E-state index in [1.807, 2.05) is 20.8 Å². The SMILES string of the molecule is CC(C)(C)[C@H](O)[C@H](N)c1c(Cl)ccc(Cl)c1Cl.Cl. The Bertz CT molecular complexity index is 417. The number of benzene rings is 1. The van der Waals surface area contributed by atoms with Crippen molar-refractivity contribution in [2.24, 2.45) is 11.1 Å². The van der Waals surface area contributed by atoms with E-state index in [4.69, 9.17) is 40.5 Å². The van der Waals surface area contributed by atoms with Gasteiger partial charge in [-0.25, -0.2) is 0 Å². The van der Waals surface area contributed by atoms with Gasteiger partial charge in [-0.2, -0.15) is 0 Å². The van der Waals surface area contributed by atoms with Crippen LogP contribution in [0.25, 0.3) is 0 Å². The fourth-order valence-electron chi connectivity index (χ4n) is 1.54. The molecule has 0 radical (unpaired) electrons. The summed E-state index contributed by atoms with van der Waals surface area (Å²) in [5, 5.41) is 11.3. The lowest BCUT2D eigenvalue weighted by molar-refractivity contribution is 0.0401. The van der Waals surface area contributed by atoms with E-state index in [2.05, 4.69) is 0 Å². The molecule has 0 heterocycles. The Balaban J connectivity index is 0.00000289. The van der Waals surface area contributed by atoms with Gasteiger partial charge in [0.2, 0.25) is 0 Å². The minimum atomic E-state index is -0.768. The third-order valence-corrected chi connectivity index (χ3v) is 3.79. The summed E-state index contributed by atoms with van der Waals surface area (Å²) in [6.45, 7) is 5.68. The summed E-state index contributed by atoms with van der Waals surface area (Å²) in [7, 11) is 0. The molecule has 0 aromatic heterocycles. The maximum Gasteiger partial charge on any atom is 0.0782 e. The van der Waals surface area contributed by atoms with Crippen LogP contribution in [0.4, 0.5) is 0 Å². The zero-order valence-electron chi connectivity index (χ0n) is 10.4. The molecule has 0 fully saturated rings. The minimum absolute atomic E-state index is 0. The predicted molar refractivity (Wildman–Crippen MR) is 81.1 cm³/mol. The number of aliphatic hydroxyl groups is 1. The van der Waals surface area contributed by atoms with Gasteiger partial charge in [0, 0.05) is 10.6 Å². The number of aliphatic hydroxyl groups excluding tert-OH is 1. The van der Waals surface area contributed by atoms with E-state index in [1.54, 1.807) is 12.1 Å². The van der Waals surface area contributed by atoms with Crippen LogP contribution in [0.15, 0.2) is 12.1 Å². The van der Waals surface area contributed by atoms with Gasteiger partial charge in [-0.1, -0.05) is 55.6 Å². The molecule has 0 aliphatic carbocycles. The summed E-state index contributed by atoms with van der Waals surface area (Å²) in [5.74, 6) is 0. The van der Waals surface area contributed by atoms with Crippen LogP contribution in [0, 0.1) is 5.41 Å². The summed E-state index contributed by atoms with van der Waals surface area (Å²) in [6.07, 6.45) is -0.768. The molecule has 104 valence electrons.